The van der Waals surface area contributed by atoms with E-state index in [1.165, 1.54) is 11.0 Å². The van der Waals surface area contributed by atoms with Crippen LogP contribution in [0.4, 0.5) is 22.8 Å². The van der Waals surface area contributed by atoms with Gasteiger partial charge in [0.15, 0.2) is 0 Å². The molecule has 14 nitrogen and oxygen atoms in total. The number of hydrogen-bond acceptors (Lipinski definition) is 9. The summed E-state index contributed by atoms with van der Waals surface area (Å²) in [6, 6.07) is 1.90. The Labute approximate surface area is 298 Å². The van der Waals surface area contributed by atoms with Crippen molar-refractivity contribution in [1.82, 2.24) is 25.2 Å². The fourth-order valence-corrected chi connectivity index (χ4v) is 8.32. The summed E-state index contributed by atoms with van der Waals surface area (Å²) in [7, 11) is -4.01. The standard InChI is InChI=1S/C34H40F3N5O9S/c1-2-22-16-33(22,30(45)40-52(48,49)24-10-11-24)39-28(43)27-15-23-19-42(27)29(44)26(17-34(35,36)37)38-31(46)50-14-5-3-4-7-20-8-6-9-21-18-41(32(47)51-23)13-12-25(20)21/h2,4,6-9,22-24,26-27H,1,3,5,10-19H2,(H,38,46)(H,39,43)(H,40,45)/b7-4+/t22-,23+,26-,27-,33+/m0/s1. The molecule has 4 aliphatic heterocycles. The number of ether oxygens (including phenoxy) is 2. The molecule has 1 saturated heterocycles. The molecule has 6 bridgehead atoms. The molecule has 4 heterocycles. The molecule has 2 aliphatic carbocycles. The van der Waals surface area contributed by atoms with Gasteiger partial charge in [0.2, 0.25) is 21.8 Å². The predicted molar refractivity (Wildman–Crippen MR) is 177 cm³/mol. The smallest absolute Gasteiger partial charge is 0.410 e. The van der Waals surface area contributed by atoms with Crippen LogP contribution >= 0.6 is 0 Å². The van der Waals surface area contributed by atoms with E-state index in [0.717, 1.165) is 21.6 Å². The highest BCUT2D eigenvalue weighted by Crippen LogP contribution is 2.45. The van der Waals surface area contributed by atoms with Crippen LogP contribution in [0.1, 0.15) is 61.6 Å². The molecule has 0 unspecified atom stereocenters. The number of halogens is 3. The number of hydrogen-bond donors (Lipinski definition) is 3. The number of alkyl carbamates (subject to hydrolysis) is 1. The van der Waals surface area contributed by atoms with Crippen molar-refractivity contribution in [1.29, 1.82) is 0 Å². The van der Waals surface area contributed by atoms with Crippen molar-refractivity contribution in [3.8, 4) is 0 Å². The van der Waals surface area contributed by atoms with Crippen molar-refractivity contribution in [3.05, 3.63) is 53.6 Å². The van der Waals surface area contributed by atoms with E-state index in [1.807, 2.05) is 40.4 Å². The molecule has 52 heavy (non-hydrogen) atoms. The summed E-state index contributed by atoms with van der Waals surface area (Å²) in [5.74, 6) is -3.98. The lowest BCUT2D eigenvalue weighted by Gasteiger charge is -2.30. The lowest BCUT2D eigenvalue weighted by Crippen LogP contribution is -2.58. The summed E-state index contributed by atoms with van der Waals surface area (Å²) in [5, 5.41) is 3.76. The Balaban J connectivity index is 1.28. The number of carbonyl (C=O) groups is 5. The third-order valence-electron chi connectivity index (χ3n) is 10.00. The summed E-state index contributed by atoms with van der Waals surface area (Å²) in [4.78, 5) is 69.4. The van der Waals surface area contributed by atoms with E-state index in [4.69, 9.17) is 9.47 Å². The third-order valence-corrected chi connectivity index (χ3v) is 11.8. The number of amides is 5. The van der Waals surface area contributed by atoms with E-state index in [1.54, 1.807) is 0 Å². The second-order valence-corrected chi connectivity index (χ2v) is 15.7. The molecular formula is C34H40F3N5O9S. The van der Waals surface area contributed by atoms with E-state index < -0.39 is 94.0 Å². The van der Waals surface area contributed by atoms with Crippen LogP contribution in [0.15, 0.2) is 36.9 Å². The molecule has 1 aromatic rings. The first-order valence-corrected chi connectivity index (χ1v) is 18.7. The molecule has 3 fully saturated rings. The molecule has 282 valence electrons. The molecule has 1 aromatic carbocycles. The Morgan fingerprint density at radius 1 is 1.17 bits per heavy atom. The van der Waals surface area contributed by atoms with Gasteiger partial charge in [-0.15, -0.1) is 6.58 Å². The fraction of sp³-hybridized carbons (Fsp3) is 0.559. The third kappa shape index (κ3) is 8.21. The Hall–Kier alpha value is -4.61. The first-order valence-electron chi connectivity index (χ1n) is 17.1. The predicted octanol–water partition coefficient (Wildman–Crippen LogP) is 2.67. The Kier molecular flexibility index (Phi) is 10.3. The zero-order chi connectivity index (χ0) is 37.4. The van der Waals surface area contributed by atoms with Crippen molar-refractivity contribution in [2.24, 2.45) is 5.92 Å². The van der Waals surface area contributed by atoms with Gasteiger partial charge in [0.1, 0.15) is 23.7 Å². The number of carbonyl (C=O) groups excluding carboxylic acids is 5. The molecule has 3 N–H and O–H groups in total. The number of nitrogens with zero attached hydrogens (tertiary/aromatic N) is 2. The zero-order valence-corrected chi connectivity index (χ0v) is 29.0. The van der Waals surface area contributed by atoms with Gasteiger partial charge in [0.25, 0.3) is 5.91 Å². The lowest BCUT2D eigenvalue weighted by molar-refractivity contribution is -0.155. The van der Waals surface area contributed by atoms with E-state index in [-0.39, 0.29) is 26.0 Å². The van der Waals surface area contributed by atoms with Crippen molar-refractivity contribution >= 4 is 46.0 Å². The highest BCUT2D eigenvalue weighted by molar-refractivity contribution is 7.91. The molecule has 0 spiro atoms. The highest BCUT2D eigenvalue weighted by atomic mass is 32.2. The average Bonchev–Trinajstić information content (AvgIpc) is 4.01. The first kappa shape index (κ1) is 37.2. The number of allylic oxidation sites excluding steroid dienone is 1. The van der Waals surface area contributed by atoms with E-state index in [9.17, 15) is 45.6 Å². The monoisotopic (exact) mass is 751 g/mol. The maximum absolute atomic E-state index is 13.9. The van der Waals surface area contributed by atoms with Gasteiger partial charge in [-0.1, -0.05) is 36.4 Å². The number of alkyl halides is 3. The maximum Gasteiger partial charge on any atom is 0.410 e. The van der Waals surface area contributed by atoms with Gasteiger partial charge in [-0.2, -0.15) is 13.2 Å². The van der Waals surface area contributed by atoms with E-state index in [0.29, 0.717) is 38.6 Å². The minimum atomic E-state index is -4.93. The van der Waals surface area contributed by atoms with Crippen molar-refractivity contribution in [2.75, 3.05) is 19.7 Å². The highest BCUT2D eigenvalue weighted by Gasteiger charge is 2.62. The lowest BCUT2D eigenvalue weighted by atomic mass is 9.94. The number of nitrogens with one attached hydrogen (secondary N) is 3. The van der Waals surface area contributed by atoms with Crippen LogP contribution < -0.4 is 15.4 Å². The number of rotatable bonds is 7. The largest absolute Gasteiger partial charge is 0.450 e. The van der Waals surface area contributed by atoms with Crippen molar-refractivity contribution in [2.45, 2.75) is 93.1 Å². The van der Waals surface area contributed by atoms with Crippen LogP contribution in [0.2, 0.25) is 0 Å². The van der Waals surface area contributed by atoms with Crippen LogP contribution in [-0.4, -0.2) is 103 Å². The van der Waals surface area contributed by atoms with Crippen LogP contribution in [0.5, 0.6) is 0 Å². The summed E-state index contributed by atoms with van der Waals surface area (Å²) in [6.07, 6.45) is -3.08. The molecule has 5 amide bonds. The average molecular weight is 752 g/mol. The van der Waals surface area contributed by atoms with Crippen LogP contribution in [-0.2, 0) is 46.8 Å². The van der Waals surface area contributed by atoms with E-state index >= 15 is 0 Å². The van der Waals surface area contributed by atoms with Crippen molar-refractivity contribution in [3.63, 3.8) is 0 Å². The molecular weight excluding hydrogens is 711 g/mol. The van der Waals surface area contributed by atoms with Gasteiger partial charge in [-0.25, -0.2) is 18.0 Å². The van der Waals surface area contributed by atoms with Crippen LogP contribution in [0.25, 0.3) is 6.08 Å². The number of benzene rings is 1. The Morgan fingerprint density at radius 3 is 2.63 bits per heavy atom. The molecule has 0 radical (unpaired) electrons. The topological polar surface area (TPSA) is 181 Å². The quantitative estimate of drug-likeness (QED) is 0.353. The van der Waals surface area contributed by atoms with Crippen molar-refractivity contribution < 1.29 is 55.0 Å². The molecule has 2 saturated carbocycles. The van der Waals surface area contributed by atoms with Gasteiger partial charge in [-0.05, 0) is 55.2 Å². The van der Waals surface area contributed by atoms with E-state index in [2.05, 4.69) is 11.9 Å². The van der Waals surface area contributed by atoms with Crippen LogP contribution in [0, 0.1) is 5.92 Å². The fourth-order valence-electron chi connectivity index (χ4n) is 6.95. The van der Waals surface area contributed by atoms with Crippen LogP contribution in [0.3, 0.4) is 0 Å². The van der Waals surface area contributed by atoms with Gasteiger partial charge in [0, 0.05) is 25.4 Å². The molecule has 7 rings (SSSR count). The van der Waals surface area contributed by atoms with Gasteiger partial charge >= 0.3 is 18.4 Å². The molecule has 18 heteroatoms. The second-order valence-electron chi connectivity index (χ2n) is 13.8. The Bertz CT molecular complexity index is 1780. The second kappa shape index (κ2) is 14.4. The van der Waals surface area contributed by atoms with Gasteiger partial charge in [0.05, 0.1) is 24.8 Å². The summed E-state index contributed by atoms with van der Waals surface area (Å²) in [5.41, 5.74) is 1.15. The Morgan fingerprint density at radius 2 is 1.94 bits per heavy atom. The summed E-state index contributed by atoms with van der Waals surface area (Å²) < 4.78 is 79.3. The summed E-state index contributed by atoms with van der Waals surface area (Å²) in [6.45, 7) is 3.50. The van der Waals surface area contributed by atoms with Gasteiger partial charge < -0.3 is 29.9 Å². The van der Waals surface area contributed by atoms with Gasteiger partial charge in [-0.3, -0.25) is 19.1 Å². The minimum absolute atomic E-state index is 0.0227. The molecule has 0 aromatic heterocycles. The SMILES string of the molecule is C=C[C@H]1C[C@]1(NC(=O)[C@@H]1C[C@@H]2CN1C(=O)[C@H](CC(F)(F)F)NC(=O)OCCC/C=C/c1cccc3c1CCN(C3)C(=O)O2)C(=O)NS(=O)(=O)C1CC1. The summed E-state index contributed by atoms with van der Waals surface area (Å²) >= 11 is 0. The number of sulfonamides is 1. The molecule has 5 atom stereocenters. The number of fused-ring (bicyclic) bond motifs is 10. The molecule has 6 aliphatic rings. The maximum atomic E-state index is 13.9. The normalized spacial score (nSPS) is 28.9. The minimum Gasteiger partial charge on any atom is -0.450 e. The zero-order valence-electron chi connectivity index (χ0n) is 28.2. The first-order chi connectivity index (χ1) is 24.6.